The quantitative estimate of drug-likeness (QED) is 0.498. The molecule has 0 heterocycles. The van der Waals surface area contributed by atoms with Crippen molar-refractivity contribution >= 4 is 5.69 Å². The molecule has 1 aromatic rings. The van der Waals surface area contributed by atoms with Crippen molar-refractivity contribution in [3.8, 4) is 0 Å². The maximum atomic E-state index is 11.8. The summed E-state index contributed by atoms with van der Waals surface area (Å²) in [4.78, 5) is 0. The summed E-state index contributed by atoms with van der Waals surface area (Å²) in [5.41, 5.74) is 0.833. The zero-order valence-electron chi connectivity index (χ0n) is 7.66. The molecule has 0 saturated carbocycles. The Hall–Kier alpha value is -0.860. The molecule has 0 amide bonds. The fourth-order valence-electron chi connectivity index (χ4n) is 1.30. The van der Waals surface area contributed by atoms with Gasteiger partial charge in [-0.3, -0.25) is 0 Å². The molecule has 1 aromatic carbocycles. The smallest absolute Gasteiger partial charge is 0.132 e. The number of benzene rings is 1. The van der Waals surface area contributed by atoms with Gasteiger partial charge in [0.2, 0.25) is 0 Å². The van der Waals surface area contributed by atoms with E-state index < -0.39 is 0 Å². The van der Waals surface area contributed by atoms with Gasteiger partial charge in [0.25, 0.3) is 0 Å². The third-order valence-electron chi connectivity index (χ3n) is 1.95. The molecule has 0 aliphatic rings. The average molecular weight is 165 g/mol. The van der Waals surface area contributed by atoms with Gasteiger partial charge in [-0.25, -0.2) is 0 Å². The number of hydrogen-bond acceptors (Lipinski definition) is 1. The zero-order valence-corrected chi connectivity index (χ0v) is 7.66. The Bertz CT molecular complexity index is 231. The molecule has 1 atom stereocenters. The third-order valence-corrected chi connectivity index (χ3v) is 1.95. The standard InChI is InChI=1S/C10H15NO/c1-3-9-11(2,12)10-7-5-4-6-8-10/h4-8H,3,9H2,1-2H3/t11-/m1/s1. The minimum atomic E-state index is -0.267. The van der Waals surface area contributed by atoms with E-state index in [0.29, 0.717) is 6.54 Å². The second-order valence-electron chi connectivity index (χ2n) is 3.16. The fraction of sp³-hybridized carbons (Fsp3) is 0.400. The molecule has 0 radical (unpaired) electrons. The van der Waals surface area contributed by atoms with Gasteiger partial charge in [0.05, 0.1) is 13.6 Å². The van der Waals surface area contributed by atoms with Gasteiger partial charge in [-0.05, 0) is 18.6 Å². The SMILES string of the molecule is CCC[N@@+](C)([O-])c1ccccc1. The van der Waals surface area contributed by atoms with Crippen LogP contribution in [-0.2, 0) is 0 Å². The van der Waals surface area contributed by atoms with E-state index in [2.05, 4.69) is 0 Å². The molecule has 0 aromatic heterocycles. The van der Waals surface area contributed by atoms with E-state index in [0.717, 1.165) is 12.1 Å². The monoisotopic (exact) mass is 165 g/mol. The Morgan fingerprint density at radius 1 is 1.25 bits per heavy atom. The van der Waals surface area contributed by atoms with Gasteiger partial charge in [0, 0.05) is 0 Å². The first-order valence-corrected chi connectivity index (χ1v) is 4.29. The lowest BCUT2D eigenvalue weighted by molar-refractivity contribution is 0.443. The van der Waals surface area contributed by atoms with Gasteiger partial charge in [0.1, 0.15) is 5.69 Å². The lowest BCUT2D eigenvalue weighted by Gasteiger charge is -2.37. The van der Waals surface area contributed by atoms with E-state index in [1.807, 2.05) is 37.3 Å². The molecule has 0 fully saturated rings. The molecule has 12 heavy (non-hydrogen) atoms. The number of nitrogens with zero attached hydrogens (tertiary/aromatic N) is 1. The summed E-state index contributed by atoms with van der Waals surface area (Å²) >= 11 is 0. The molecule has 0 saturated heterocycles. The molecular formula is C10H15NO. The van der Waals surface area contributed by atoms with E-state index in [-0.39, 0.29) is 4.65 Å². The second kappa shape index (κ2) is 3.70. The van der Waals surface area contributed by atoms with Gasteiger partial charge in [-0.15, -0.1) is 0 Å². The molecule has 1 rings (SSSR count). The second-order valence-corrected chi connectivity index (χ2v) is 3.16. The molecule has 0 bridgehead atoms. The summed E-state index contributed by atoms with van der Waals surface area (Å²) in [5, 5.41) is 11.8. The van der Waals surface area contributed by atoms with Gasteiger partial charge in [-0.1, -0.05) is 25.1 Å². The highest BCUT2D eigenvalue weighted by molar-refractivity contribution is 5.42. The van der Waals surface area contributed by atoms with Crippen molar-refractivity contribution in [2.24, 2.45) is 0 Å². The topological polar surface area (TPSA) is 23.1 Å². The van der Waals surface area contributed by atoms with Crippen molar-refractivity contribution in [3.05, 3.63) is 35.5 Å². The van der Waals surface area contributed by atoms with Crippen LogP contribution in [0.25, 0.3) is 0 Å². The Morgan fingerprint density at radius 2 is 1.83 bits per heavy atom. The molecule has 2 nitrogen and oxygen atoms in total. The van der Waals surface area contributed by atoms with Crippen molar-refractivity contribution in [3.63, 3.8) is 0 Å². The Kier molecular flexibility index (Phi) is 2.84. The summed E-state index contributed by atoms with van der Waals surface area (Å²) in [6, 6.07) is 9.49. The molecule has 0 spiro atoms. The van der Waals surface area contributed by atoms with E-state index in [1.54, 1.807) is 7.05 Å². The van der Waals surface area contributed by atoms with Gasteiger partial charge in [0.15, 0.2) is 0 Å². The molecule has 66 valence electrons. The predicted molar refractivity (Wildman–Crippen MR) is 52.7 cm³/mol. The summed E-state index contributed by atoms with van der Waals surface area (Å²) in [6.07, 6.45) is 0.912. The van der Waals surface area contributed by atoms with Crippen LogP contribution < -0.4 is 4.65 Å². The van der Waals surface area contributed by atoms with Crippen LogP contribution in [0.5, 0.6) is 0 Å². The molecule has 0 aliphatic heterocycles. The maximum absolute atomic E-state index is 11.8. The van der Waals surface area contributed by atoms with Crippen molar-refractivity contribution in [1.82, 2.24) is 4.65 Å². The van der Waals surface area contributed by atoms with Crippen LogP contribution >= 0.6 is 0 Å². The van der Waals surface area contributed by atoms with Crippen LogP contribution in [-0.4, -0.2) is 13.6 Å². The highest BCUT2D eigenvalue weighted by Crippen LogP contribution is 2.18. The van der Waals surface area contributed by atoms with E-state index in [9.17, 15) is 5.21 Å². The fourth-order valence-corrected chi connectivity index (χ4v) is 1.30. The Morgan fingerprint density at radius 3 is 2.33 bits per heavy atom. The Balaban J connectivity index is 2.82. The minimum absolute atomic E-state index is 0.267. The first-order valence-electron chi connectivity index (χ1n) is 4.29. The summed E-state index contributed by atoms with van der Waals surface area (Å²) in [7, 11) is 1.69. The number of para-hydroxylation sites is 1. The first-order chi connectivity index (χ1) is 5.67. The van der Waals surface area contributed by atoms with Gasteiger partial charge < -0.3 is 9.85 Å². The highest BCUT2D eigenvalue weighted by Gasteiger charge is 2.10. The number of hydrogen-bond donors (Lipinski definition) is 0. The number of quaternary nitrogens is 1. The van der Waals surface area contributed by atoms with Crippen LogP contribution in [0.2, 0.25) is 0 Å². The van der Waals surface area contributed by atoms with Crippen molar-refractivity contribution in [2.75, 3.05) is 13.6 Å². The van der Waals surface area contributed by atoms with Crippen LogP contribution in [0.4, 0.5) is 5.69 Å². The van der Waals surface area contributed by atoms with Crippen molar-refractivity contribution < 1.29 is 0 Å². The predicted octanol–water partition coefficient (Wildman–Crippen LogP) is 2.53. The van der Waals surface area contributed by atoms with E-state index in [1.165, 1.54) is 0 Å². The molecule has 0 N–H and O–H groups in total. The zero-order chi connectivity index (χ0) is 9.03. The average Bonchev–Trinajstić information content (AvgIpc) is 2.06. The van der Waals surface area contributed by atoms with Crippen molar-refractivity contribution in [2.45, 2.75) is 13.3 Å². The van der Waals surface area contributed by atoms with Gasteiger partial charge in [-0.2, -0.15) is 0 Å². The van der Waals surface area contributed by atoms with Gasteiger partial charge >= 0.3 is 0 Å². The van der Waals surface area contributed by atoms with Crippen LogP contribution in [0.1, 0.15) is 13.3 Å². The Labute approximate surface area is 73.6 Å². The number of hydroxylamine groups is 2. The van der Waals surface area contributed by atoms with E-state index in [4.69, 9.17) is 0 Å². The minimum Gasteiger partial charge on any atom is -0.628 e. The first kappa shape index (κ1) is 9.23. The summed E-state index contributed by atoms with van der Waals surface area (Å²) < 4.78 is -0.267. The molecule has 0 aliphatic carbocycles. The van der Waals surface area contributed by atoms with E-state index >= 15 is 0 Å². The third kappa shape index (κ3) is 2.06. The molecular weight excluding hydrogens is 150 g/mol. The lowest BCUT2D eigenvalue weighted by Crippen LogP contribution is -2.38. The molecule has 2 heteroatoms. The highest BCUT2D eigenvalue weighted by atomic mass is 16.5. The van der Waals surface area contributed by atoms with Crippen LogP contribution in [0, 0.1) is 5.21 Å². The normalized spacial score (nSPS) is 15.6. The maximum Gasteiger partial charge on any atom is 0.132 e. The molecule has 0 unspecified atom stereocenters. The van der Waals surface area contributed by atoms with Crippen LogP contribution in [0.3, 0.4) is 0 Å². The van der Waals surface area contributed by atoms with Crippen LogP contribution in [0.15, 0.2) is 30.3 Å². The van der Waals surface area contributed by atoms with Crippen molar-refractivity contribution in [1.29, 1.82) is 0 Å². The lowest BCUT2D eigenvalue weighted by atomic mass is 10.3. The summed E-state index contributed by atoms with van der Waals surface area (Å²) in [5.74, 6) is 0. The summed E-state index contributed by atoms with van der Waals surface area (Å²) in [6.45, 7) is 2.67. The number of rotatable bonds is 3. The largest absolute Gasteiger partial charge is 0.628 e.